The lowest BCUT2D eigenvalue weighted by molar-refractivity contribution is -0.120. The van der Waals surface area contributed by atoms with Gasteiger partial charge in [0.15, 0.2) is 0 Å². The smallest absolute Gasteiger partial charge is 0.224 e. The molecule has 0 aliphatic carbocycles. The molecule has 0 fully saturated rings. The summed E-state index contributed by atoms with van der Waals surface area (Å²) in [5.41, 5.74) is 1.66. The lowest BCUT2D eigenvalue weighted by Crippen LogP contribution is -2.26. The zero-order valence-electron chi connectivity index (χ0n) is 13.5. The first-order chi connectivity index (χ1) is 10.6. The van der Waals surface area contributed by atoms with E-state index in [-0.39, 0.29) is 11.8 Å². The van der Waals surface area contributed by atoms with Crippen LogP contribution in [0.3, 0.4) is 0 Å². The molecular weight excluding hydrogens is 280 g/mol. The summed E-state index contributed by atoms with van der Waals surface area (Å²) in [4.78, 5) is 22.7. The first-order valence-electron chi connectivity index (χ1n) is 7.82. The Kier molecular flexibility index (Phi) is 8.91. The van der Waals surface area contributed by atoms with E-state index in [1.165, 1.54) is 6.92 Å². The Morgan fingerprint density at radius 2 is 1.77 bits per heavy atom. The van der Waals surface area contributed by atoms with Crippen LogP contribution in [0.4, 0.5) is 5.69 Å². The van der Waals surface area contributed by atoms with Gasteiger partial charge < -0.3 is 15.4 Å². The molecule has 1 aromatic carbocycles. The van der Waals surface area contributed by atoms with Crippen LogP contribution >= 0.6 is 0 Å². The molecule has 0 unspecified atom stereocenters. The maximum atomic E-state index is 11.8. The summed E-state index contributed by atoms with van der Waals surface area (Å²) < 4.78 is 5.43. The highest BCUT2D eigenvalue weighted by molar-refractivity contribution is 5.88. The van der Waals surface area contributed by atoms with Crippen LogP contribution in [-0.2, 0) is 20.7 Å². The van der Waals surface area contributed by atoms with Gasteiger partial charge in [0.1, 0.15) is 0 Å². The molecule has 5 heteroatoms. The van der Waals surface area contributed by atoms with Gasteiger partial charge in [0.05, 0.1) is 6.42 Å². The van der Waals surface area contributed by atoms with E-state index in [9.17, 15) is 9.59 Å². The zero-order valence-corrected chi connectivity index (χ0v) is 13.5. The Morgan fingerprint density at radius 1 is 1.09 bits per heavy atom. The highest BCUT2D eigenvalue weighted by Crippen LogP contribution is 2.09. The van der Waals surface area contributed by atoms with Crippen molar-refractivity contribution in [1.82, 2.24) is 5.32 Å². The van der Waals surface area contributed by atoms with E-state index in [0.717, 1.165) is 37.1 Å². The number of rotatable bonds is 10. The van der Waals surface area contributed by atoms with Crippen LogP contribution in [0.5, 0.6) is 0 Å². The van der Waals surface area contributed by atoms with E-state index in [2.05, 4.69) is 17.6 Å². The minimum atomic E-state index is -0.105. The van der Waals surface area contributed by atoms with Crippen LogP contribution in [0.1, 0.15) is 38.7 Å². The molecule has 0 spiro atoms. The molecule has 2 amide bonds. The summed E-state index contributed by atoms with van der Waals surface area (Å²) in [6.07, 6.45) is 3.40. The predicted octanol–water partition coefficient (Wildman–Crippen LogP) is 2.51. The van der Waals surface area contributed by atoms with Crippen LogP contribution in [0.25, 0.3) is 0 Å². The third-order valence-corrected chi connectivity index (χ3v) is 3.07. The molecule has 0 aliphatic heterocycles. The molecule has 0 heterocycles. The van der Waals surface area contributed by atoms with E-state index in [1.807, 2.05) is 12.1 Å². The van der Waals surface area contributed by atoms with Crippen LogP contribution in [0.15, 0.2) is 24.3 Å². The van der Waals surface area contributed by atoms with Gasteiger partial charge >= 0.3 is 0 Å². The molecular formula is C17H26N2O3. The highest BCUT2D eigenvalue weighted by atomic mass is 16.5. The predicted molar refractivity (Wildman–Crippen MR) is 87.8 cm³/mol. The Labute approximate surface area is 132 Å². The Bertz CT molecular complexity index is 457. The minimum Gasteiger partial charge on any atom is -0.381 e. The quantitative estimate of drug-likeness (QED) is 0.653. The van der Waals surface area contributed by atoms with Gasteiger partial charge in [0.2, 0.25) is 11.8 Å². The molecule has 1 rings (SSSR count). The number of carbonyl (C=O) groups excluding carboxylic acids is 2. The van der Waals surface area contributed by atoms with Crippen molar-refractivity contribution < 1.29 is 14.3 Å². The van der Waals surface area contributed by atoms with Crippen LogP contribution in [0, 0.1) is 0 Å². The van der Waals surface area contributed by atoms with Crippen LogP contribution in [0.2, 0.25) is 0 Å². The topological polar surface area (TPSA) is 67.4 Å². The number of nitrogens with one attached hydrogen (secondary N) is 2. The Balaban J connectivity index is 2.17. The van der Waals surface area contributed by atoms with Gasteiger partial charge in [-0.1, -0.05) is 25.5 Å². The molecule has 122 valence electrons. The van der Waals surface area contributed by atoms with Gasteiger partial charge in [-0.05, 0) is 30.5 Å². The van der Waals surface area contributed by atoms with Crippen molar-refractivity contribution in [2.24, 2.45) is 0 Å². The van der Waals surface area contributed by atoms with Crippen molar-refractivity contribution in [3.63, 3.8) is 0 Å². The van der Waals surface area contributed by atoms with Crippen molar-refractivity contribution >= 4 is 17.5 Å². The minimum absolute atomic E-state index is 0.000773. The second-order valence-electron chi connectivity index (χ2n) is 5.22. The van der Waals surface area contributed by atoms with Crippen molar-refractivity contribution in [3.05, 3.63) is 29.8 Å². The standard InChI is InChI=1S/C17H26N2O3/c1-3-4-11-22-12-5-10-18-17(21)13-15-6-8-16(9-7-15)19-14(2)20/h6-9H,3-5,10-13H2,1-2H3,(H,18,21)(H,19,20). The molecule has 0 saturated heterocycles. The lowest BCUT2D eigenvalue weighted by atomic mass is 10.1. The Hall–Kier alpha value is -1.88. The number of benzene rings is 1. The fraction of sp³-hybridized carbons (Fsp3) is 0.529. The molecule has 0 bridgehead atoms. The molecule has 0 aliphatic rings. The van der Waals surface area contributed by atoms with Crippen molar-refractivity contribution in [2.45, 2.75) is 39.5 Å². The van der Waals surface area contributed by atoms with Gasteiger partial charge in [-0.25, -0.2) is 0 Å². The van der Waals surface area contributed by atoms with E-state index in [4.69, 9.17) is 4.74 Å². The summed E-state index contributed by atoms with van der Waals surface area (Å²) in [5, 5.41) is 5.57. The number of carbonyl (C=O) groups is 2. The van der Waals surface area contributed by atoms with Crippen LogP contribution < -0.4 is 10.6 Å². The first kappa shape index (κ1) is 18.2. The van der Waals surface area contributed by atoms with E-state index in [0.29, 0.717) is 19.6 Å². The molecule has 0 aromatic heterocycles. The molecule has 0 radical (unpaired) electrons. The average Bonchev–Trinajstić information content (AvgIpc) is 2.48. The SMILES string of the molecule is CCCCOCCCNC(=O)Cc1ccc(NC(C)=O)cc1. The van der Waals surface area contributed by atoms with Gasteiger partial charge in [0.25, 0.3) is 0 Å². The summed E-state index contributed by atoms with van der Waals surface area (Å²) >= 11 is 0. The number of hydrogen-bond donors (Lipinski definition) is 2. The summed E-state index contributed by atoms with van der Waals surface area (Å²) in [5.74, 6) is -0.104. The normalized spacial score (nSPS) is 10.3. The summed E-state index contributed by atoms with van der Waals surface area (Å²) in [6, 6.07) is 7.29. The number of anilines is 1. The van der Waals surface area contributed by atoms with Gasteiger partial charge in [-0.15, -0.1) is 0 Å². The number of unbranched alkanes of at least 4 members (excludes halogenated alkanes) is 1. The highest BCUT2D eigenvalue weighted by Gasteiger charge is 2.03. The number of ether oxygens (including phenoxy) is 1. The van der Waals surface area contributed by atoms with Gasteiger partial charge in [-0.2, -0.15) is 0 Å². The fourth-order valence-corrected chi connectivity index (χ4v) is 1.91. The van der Waals surface area contributed by atoms with Crippen molar-refractivity contribution in [3.8, 4) is 0 Å². The molecule has 2 N–H and O–H groups in total. The number of amides is 2. The average molecular weight is 306 g/mol. The Morgan fingerprint density at radius 3 is 2.41 bits per heavy atom. The van der Waals surface area contributed by atoms with Crippen molar-refractivity contribution in [2.75, 3.05) is 25.1 Å². The van der Waals surface area contributed by atoms with Crippen molar-refractivity contribution in [1.29, 1.82) is 0 Å². The third-order valence-electron chi connectivity index (χ3n) is 3.07. The number of hydrogen-bond acceptors (Lipinski definition) is 3. The third kappa shape index (κ3) is 8.42. The van der Waals surface area contributed by atoms with E-state index < -0.39 is 0 Å². The second kappa shape index (κ2) is 10.8. The van der Waals surface area contributed by atoms with Gasteiger partial charge in [-0.3, -0.25) is 9.59 Å². The monoisotopic (exact) mass is 306 g/mol. The maximum absolute atomic E-state index is 11.8. The molecule has 5 nitrogen and oxygen atoms in total. The van der Waals surface area contributed by atoms with Gasteiger partial charge in [0, 0.05) is 32.4 Å². The molecule has 0 saturated carbocycles. The zero-order chi connectivity index (χ0) is 16.2. The summed E-state index contributed by atoms with van der Waals surface area (Å²) in [6.45, 7) is 5.71. The largest absolute Gasteiger partial charge is 0.381 e. The second-order valence-corrected chi connectivity index (χ2v) is 5.22. The fourth-order valence-electron chi connectivity index (χ4n) is 1.91. The maximum Gasteiger partial charge on any atom is 0.224 e. The molecule has 1 aromatic rings. The first-order valence-corrected chi connectivity index (χ1v) is 7.82. The summed E-state index contributed by atoms with van der Waals surface area (Å²) in [7, 11) is 0. The molecule has 22 heavy (non-hydrogen) atoms. The molecule has 0 atom stereocenters. The van der Waals surface area contributed by atoms with Crippen LogP contribution in [-0.4, -0.2) is 31.6 Å². The lowest BCUT2D eigenvalue weighted by Gasteiger charge is -2.07. The van der Waals surface area contributed by atoms with E-state index >= 15 is 0 Å². The van der Waals surface area contributed by atoms with E-state index in [1.54, 1.807) is 12.1 Å².